The van der Waals surface area contributed by atoms with E-state index in [1.54, 1.807) is 23.3 Å². The van der Waals surface area contributed by atoms with E-state index in [0.29, 0.717) is 17.6 Å². The monoisotopic (exact) mass is 371 g/mol. The number of carbonyl (C=O) groups is 1. The summed E-state index contributed by atoms with van der Waals surface area (Å²) in [5.41, 5.74) is 1.17. The molecule has 8 heteroatoms. The zero-order valence-electron chi connectivity index (χ0n) is 14.5. The topological polar surface area (TPSA) is 92.9 Å². The lowest BCUT2D eigenvalue weighted by molar-refractivity contribution is 0.0830. The Morgan fingerprint density at radius 3 is 2.85 bits per heavy atom. The zero-order chi connectivity index (χ0) is 18.1. The van der Waals surface area contributed by atoms with Gasteiger partial charge in [0.1, 0.15) is 6.33 Å². The lowest BCUT2D eigenvalue weighted by Gasteiger charge is -2.30. The minimum absolute atomic E-state index is 0.124. The van der Waals surface area contributed by atoms with E-state index in [4.69, 9.17) is 0 Å². The van der Waals surface area contributed by atoms with E-state index in [1.165, 1.54) is 11.3 Å². The van der Waals surface area contributed by atoms with Gasteiger partial charge < -0.3 is 10.4 Å². The molecule has 0 aliphatic heterocycles. The van der Waals surface area contributed by atoms with Gasteiger partial charge in [0.25, 0.3) is 5.91 Å². The highest BCUT2D eigenvalue weighted by molar-refractivity contribution is 7.17. The maximum atomic E-state index is 12.9. The van der Waals surface area contributed by atoms with Gasteiger partial charge >= 0.3 is 0 Å². The highest BCUT2D eigenvalue weighted by atomic mass is 32.1. The minimum Gasteiger partial charge on any atom is -0.393 e. The van der Waals surface area contributed by atoms with E-state index in [9.17, 15) is 9.90 Å². The van der Waals surface area contributed by atoms with Gasteiger partial charge in [-0.25, -0.2) is 15.0 Å². The number of thiophene rings is 1. The molecule has 26 heavy (non-hydrogen) atoms. The normalized spacial score (nSPS) is 21.6. The number of rotatable bonds is 4. The van der Waals surface area contributed by atoms with Crippen LogP contribution >= 0.6 is 11.3 Å². The second kappa shape index (κ2) is 7.13. The lowest BCUT2D eigenvalue weighted by atomic mass is 9.83. The highest BCUT2D eigenvalue weighted by Crippen LogP contribution is 2.28. The number of aromatic nitrogens is 4. The fraction of sp³-hybridized carbons (Fsp3) is 0.444. The number of imidazole rings is 1. The van der Waals surface area contributed by atoms with Crippen molar-refractivity contribution < 1.29 is 9.90 Å². The molecule has 1 aliphatic carbocycles. The van der Waals surface area contributed by atoms with Gasteiger partial charge in [0.2, 0.25) is 5.95 Å². The fourth-order valence-electron chi connectivity index (χ4n) is 3.50. The van der Waals surface area contributed by atoms with Gasteiger partial charge in [0.05, 0.1) is 16.3 Å². The average molecular weight is 371 g/mol. The largest absolute Gasteiger partial charge is 0.393 e. The van der Waals surface area contributed by atoms with E-state index in [2.05, 4.69) is 20.3 Å². The van der Waals surface area contributed by atoms with E-state index in [-0.39, 0.29) is 18.1 Å². The molecule has 0 bridgehead atoms. The van der Waals surface area contributed by atoms with Crippen molar-refractivity contribution in [2.24, 2.45) is 5.92 Å². The van der Waals surface area contributed by atoms with Crippen LogP contribution in [0.2, 0.25) is 0 Å². The number of hydrogen-bond donors (Lipinski definition) is 2. The summed E-state index contributed by atoms with van der Waals surface area (Å²) in [7, 11) is 0. The Bertz CT molecular complexity index is 898. The zero-order valence-corrected chi connectivity index (χ0v) is 15.3. The average Bonchev–Trinajstić information content (AvgIpc) is 3.32. The molecule has 0 aromatic carbocycles. The number of aliphatic hydroxyl groups excluding tert-OH is 1. The summed E-state index contributed by atoms with van der Waals surface area (Å²) in [6.45, 7) is 1.84. The molecule has 0 unspecified atom stereocenters. The van der Waals surface area contributed by atoms with E-state index in [0.717, 1.165) is 35.9 Å². The van der Waals surface area contributed by atoms with Crippen LogP contribution in [0.25, 0.3) is 16.2 Å². The highest BCUT2D eigenvalue weighted by Gasteiger charge is 2.26. The molecular formula is C18H21N5O2S. The van der Waals surface area contributed by atoms with Gasteiger partial charge in [-0.1, -0.05) is 0 Å². The Kier molecular flexibility index (Phi) is 4.69. The maximum absolute atomic E-state index is 12.9. The molecule has 4 rings (SSSR count). The summed E-state index contributed by atoms with van der Waals surface area (Å²) < 4.78 is 2.49. The van der Waals surface area contributed by atoms with Crippen molar-refractivity contribution >= 4 is 27.5 Å². The lowest BCUT2D eigenvalue weighted by Crippen LogP contribution is -2.39. The molecule has 0 radical (unpaired) electrons. The maximum Gasteiger partial charge on any atom is 0.271 e. The number of hydrogen-bond acceptors (Lipinski definition) is 6. The summed E-state index contributed by atoms with van der Waals surface area (Å²) in [4.78, 5) is 25.9. The van der Waals surface area contributed by atoms with Crippen LogP contribution in [0.5, 0.6) is 0 Å². The standard InChI is InChI=1S/C18H21N5O2S/c1-11(24)12-2-4-13(5-3-12)20-17(25)15-16-14(6-9-26-16)21-18(22-15)23-8-7-19-10-23/h6-13,24H,2-5H2,1H3,(H,20,25)/t11-,12?,13?/m1/s1. The Morgan fingerprint density at radius 2 is 2.15 bits per heavy atom. The summed E-state index contributed by atoms with van der Waals surface area (Å²) in [6.07, 6.45) is 8.38. The Hall–Kier alpha value is -2.32. The van der Waals surface area contributed by atoms with Crippen LogP contribution in [0.3, 0.4) is 0 Å². The molecule has 1 amide bonds. The second-order valence-corrected chi connectivity index (χ2v) is 7.72. The van der Waals surface area contributed by atoms with Crippen molar-refractivity contribution in [1.82, 2.24) is 24.8 Å². The van der Waals surface area contributed by atoms with Crippen LogP contribution in [0.15, 0.2) is 30.2 Å². The second-order valence-electron chi connectivity index (χ2n) is 6.80. The molecule has 0 saturated heterocycles. The number of nitrogens with zero attached hydrogens (tertiary/aromatic N) is 4. The Morgan fingerprint density at radius 1 is 1.35 bits per heavy atom. The fourth-order valence-corrected chi connectivity index (χ4v) is 4.32. The predicted octanol–water partition coefficient (Wildman–Crippen LogP) is 2.55. The molecule has 1 atom stereocenters. The van der Waals surface area contributed by atoms with Gasteiger partial charge in [-0.05, 0) is 50.0 Å². The molecule has 3 aromatic rings. The first-order valence-corrected chi connectivity index (χ1v) is 9.72. The molecule has 3 heterocycles. The van der Waals surface area contributed by atoms with E-state index < -0.39 is 0 Å². The summed E-state index contributed by atoms with van der Waals surface area (Å²) in [6, 6.07) is 2.02. The first-order chi connectivity index (χ1) is 12.6. The summed E-state index contributed by atoms with van der Waals surface area (Å²) >= 11 is 1.47. The predicted molar refractivity (Wildman–Crippen MR) is 99.4 cm³/mol. The van der Waals surface area contributed by atoms with Gasteiger partial charge in [0.15, 0.2) is 5.69 Å². The van der Waals surface area contributed by atoms with Gasteiger partial charge in [-0.3, -0.25) is 9.36 Å². The van der Waals surface area contributed by atoms with Crippen LogP contribution in [0.4, 0.5) is 0 Å². The van der Waals surface area contributed by atoms with Crippen molar-refractivity contribution in [2.75, 3.05) is 0 Å². The van der Waals surface area contributed by atoms with Gasteiger partial charge in [-0.2, -0.15) is 0 Å². The van der Waals surface area contributed by atoms with Crippen molar-refractivity contribution in [3.8, 4) is 5.95 Å². The van der Waals surface area contributed by atoms with Crippen LogP contribution in [-0.4, -0.2) is 42.7 Å². The van der Waals surface area contributed by atoms with E-state index in [1.807, 2.05) is 18.4 Å². The smallest absolute Gasteiger partial charge is 0.271 e. The molecule has 7 nitrogen and oxygen atoms in total. The molecule has 1 aliphatic rings. The van der Waals surface area contributed by atoms with Crippen molar-refractivity contribution in [1.29, 1.82) is 0 Å². The Labute approximate surface area is 155 Å². The molecular weight excluding hydrogens is 350 g/mol. The number of fused-ring (bicyclic) bond motifs is 1. The van der Waals surface area contributed by atoms with Crippen LogP contribution in [0, 0.1) is 5.92 Å². The third-order valence-corrected chi connectivity index (χ3v) is 5.94. The third-order valence-electron chi connectivity index (χ3n) is 5.03. The first kappa shape index (κ1) is 17.1. The van der Waals surface area contributed by atoms with Crippen LogP contribution < -0.4 is 5.32 Å². The minimum atomic E-state index is -0.281. The van der Waals surface area contributed by atoms with Crippen molar-refractivity contribution in [2.45, 2.75) is 44.8 Å². The number of nitrogens with one attached hydrogen (secondary N) is 1. The third kappa shape index (κ3) is 3.34. The molecule has 1 fully saturated rings. The molecule has 136 valence electrons. The number of carbonyl (C=O) groups excluding carboxylic acids is 1. The molecule has 0 spiro atoms. The number of aliphatic hydroxyl groups is 1. The van der Waals surface area contributed by atoms with Crippen LogP contribution in [-0.2, 0) is 0 Å². The summed E-state index contributed by atoms with van der Waals surface area (Å²) in [5, 5.41) is 14.8. The summed E-state index contributed by atoms with van der Waals surface area (Å²) in [5.74, 6) is 0.608. The quantitative estimate of drug-likeness (QED) is 0.735. The molecule has 2 N–H and O–H groups in total. The Balaban J connectivity index is 1.56. The van der Waals surface area contributed by atoms with Crippen molar-refractivity contribution in [3.05, 3.63) is 35.9 Å². The first-order valence-electron chi connectivity index (χ1n) is 8.84. The van der Waals surface area contributed by atoms with Gasteiger partial charge in [0, 0.05) is 18.4 Å². The van der Waals surface area contributed by atoms with Crippen LogP contribution in [0.1, 0.15) is 43.1 Å². The van der Waals surface area contributed by atoms with E-state index >= 15 is 0 Å². The van der Waals surface area contributed by atoms with Crippen molar-refractivity contribution in [3.63, 3.8) is 0 Å². The number of amides is 1. The SMILES string of the molecule is C[C@@H](O)C1CCC(NC(=O)c2nc(-n3ccnc3)nc3ccsc23)CC1. The molecule has 1 saturated carbocycles. The molecule has 3 aromatic heterocycles. The van der Waals surface area contributed by atoms with Gasteiger partial charge in [-0.15, -0.1) is 11.3 Å².